The molecule has 2 heterocycles. The zero-order valence-electron chi connectivity index (χ0n) is 14.3. The predicted molar refractivity (Wildman–Crippen MR) is 83.7 cm³/mol. The highest BCUT2D eigenvalue weighted by atomic mass is 16.6. The van der Waals surface area contributed by atoms with Gasteiger partial charge in [-0.05, 0) is 39.5 Å². The summed E-state index contributed by atoms with van der Waals surface area (Å²) in [6.07, 6.45) is 3.09. The molecule has 0 N–H and O–H groups in total. The van der Waals surface area contributed by atoms with Crippen molar-refractivity contribution >= 4 is 11.9 Å². The SMILES string of the molecule is CCC1CCN(C(=O)OC(C)(C)C)C(C2COCCC2=O)C1. The van der Waals surface area contributed by atoms with Gasteiger partial charge in [0.15, 0.2) is 0 Å². The summed E-state index contributed by atoms with van der Waals surface area (Å²) >= 11 is 0. The summed E-state index contributed by atoms with van der Waals surface area (Å²) in [5.74, 6) is 0.593. The van der Waals surface area contributed by atoms with Crippen molar-refractivity contribution in [2.24, 2.45) is 11.8 Å². The first-order valence-electron chi connectivity index (χ1n) is 8.42. The van der Waals surface area contributed by atoms with E-state index in [1.165, 1.54) is 0 Å². The molecule has 0 aromatic heterocycles. The molecule has 2 aliphatic heterocycles. The second-order valence-electron chi connectivity index (χ2n) is 7.44. The van der Waals surface area contributed by atoms with Crippen LogP contribution in [0.25, 0.3) is 0 Å². The average molecular weight is 311 g/mol. The summed E-state index contributed by atoms with van der Waals surface area (Å²) in [5, 5.41) is 0. The average Bonchev–Trinajstić information content (AvgIpc) is 2.45. The lowest BCUT2D eigenvalue weighted by Crippen LogP contribution is -2.54. The number of carbonyl (C=O) groups excluding carboxylic acids is 2. The molecule has 2 saturated heterocycles. The summed E-state index contributed by atoms with van der Waals surface area (Å²) in [4.78, 5) is 26.6. The lowest BCUT2D eigenvalue weighted by atomic mass is 9.80. The van der Waals surface area contributed by atoms with E-state index in [2.05, 4.69) is 6.92 Å². The molecule has 0 aromatic rings. The molecule has 2 aliphatic rings. The summed E-state index contributed by atoms with van der Waals surface area (Å²) in [6, 6.07) is -0.0821. The Bertz CT molecular complexity index is 415. The number of hydrogen-bond donors (Lipinski definition) is 0. The number of ketones is 1. The van der Waals surface area contributed by atoms with E-state index in [9.17, 15) is 9.59 Å². The number of carbonyl (C=O) groups is 2. The highest BCUT2D eigenvalue weighted by Gasteiger charge is 2.41. The van der Waals surface area contributed by atoms with Crippen LogP contribution >= 0.6 is 0 Å². The third-order valence-corrected chi connectivity index (χ3v) is 4.63. The Balaban J connectivity index is 2.14. The predicted octanol–water partition coefficient (Wildman–Crippen LogP) is 3.02. The second-order valence-corrected chi connectivity index (χ2v) is 7.44. The van der Waals surface area contributed by atoms with Crippen LogP contribution in [-0.4, -0.2) is 48.2 Å². The highest BCUT2D eigenvalue weighted by molar-refractivity contribution is 5.83. The van der Waals surface area contributed by atoms with E-state index in [0.717, 1.165) is 19.3 Å². The smallest absolute Gasteiger partial charge is 0.410 e. The molecule has 3 unspecified atom stereocenters. The summed E-state index contributed by atoms with van der Waals surface area (Å²) in [5.41, 5.74) is -0.518. The Labute approximate surface area is 133 Å². The van der Waals surface area contributed by atoms with Crippen molar-refractivity contribution in [1.82, 2.24) is 4.90 Å². The summed E-state index contributed by atoms with van der Waals surface area (Å²) in [6.45, 7) is 9.38. The molecule has 0 spiro atoms. The van der Waals surface area contributed by atoms with Gasteiger partial charge in [-0.3, -0.25) is 4.79 Å². The van der Waals surface area contributed by atoms with Gasteiger partial charge in [-0.2, -0.15) is 0 Å². The van der Waals surface area contributed by atoms with Crippen LogP contribution in [0.15, 0.2) is 0 Å². The number of ether oxygens (including phenoxy) is 2. The first-order valence-corrected chi connectivity index (χ1v) is 8.42. The van der Waals surface area contributed by atoms with Crippen molar-refractivity contribution < 1.29 is 19.1 Å². The third kappa shape index (κ3) is 4.22. The maximum atomic E-state index is 12.5. The molecule has 0 aliphatic carbocycles. The van der Waals surface area contributed by atoms with Crippen molar-refractivity contribution in [3.05, 3.63) is 0 Å². The minimum absolute atomic E-state index is 0.0821. The fourth-order valence-electron chi connectivity index (χ4n) is 3.36. The Morgan fingerprint density at radius 1 is 1.41 bits per heavy atom. The number of piperidine rings is 1. The van der Waals surface area contributed by atoms with E-state index in [4.69, 9.17) is 9.47 Å². The van der Waals surface area contributed by atoms with Crippen molar-refractivity contribution in [3.63, 3.8) is 0 Å². The molecule has 0 aromatic carbocycles. The molecular formula is C17H29NO4. The van der Waals surface area contributed by atoms with Gasteiger partial charge in [0, 0.05) is 19.0 Å². The lowest BCUT2D eigenvalue weighted by Gasteiger charge is -2.43. The number of amides is 1. The Hall–Kier alpha value is -1.10. The molecule has 0 radical (unpaired) electrons. The van der Waals surface area contributed by atoms with Crippen LogP contribution in [0, 0.1) is 11.8 Å². The van der Waals surface area contributed by atoms with Gasteiger partial charge in [0.25, 0.3) is 0 Å². The first kappa shape index (κ1) is 17.3. The van der Waals surface area contributed by atoms with Gasteiger partial charge >= 0.3 is 6.09 Å². The van der Waals surface area contributed by atoms with E-state index in [0.29, 0.717) is 32.1 Å². The largest absolute Gasteiger partial charge is 0.444 e. The summed E-state index contributed by atoms with van der Waals surface area (Å²) < 4.78 is 11.0. The molecule has 5 heteroatoms. The van der Waals surface area contributed by atoms with Crippen molar-refractivity contribution in [3.8, 4) is 0 Å². The maximum Gasteiger partial charge on any atom is 0.410 e. The number of likely N-dealkylation sites (tertiary alicyclic amines) is 1. The van der Waals surface area contributed by atoms with Crippen LogP contribution in [0.2, 0.25) is 0 Å². The van der Waals surface area contributed by atoms with Gasteiger partial charge in [0.1, 0.15) is 11.4 Å². The molecule has 126 valence electrons. The number of rotatable bonds is 2. The second kappa shape index (κ2) is 6.99. The van der Waals surface area contributed by atoms with E-state index < -0.39 is 5.60 Å². The van der Waals surface area contributed by atoms with Crippen molar-refractivity contribution in [2.45, 2.75) is 65.0 Å². The Kier molecular flexibility index (Phi) is 5.48. The van der Waals surface area contributed by atoms with E-state index in [1.54, 1.807) is 4.90 Å². The first-order chi connectivity index (χ1) is 10.3. The molecule has 3 atom stereocenters. The van der Waals surface area contributed by atoms with Crippen LogP contribution in [-0.2, 0) is 14.3 Å². The standard InChI is InChI=1S/C17H29NO4/c1-5-12-6-8-18(16(20)22-17(2,3)4)14(10-12)13-11-21-9-7-15(13)19/h12-14H,5-11H2,1-4H3. The summed E-state index contributed by atoms with van der Waals surface area (Å²) in [7, 11) is 0. The monoisotopic (exact) mass is 311 g/mol. The van der Waals surface area contributed by atoms with Gasteiger partial charge in [0.05, 0.1) is 19.1 Å². The zero-order valence-corrected chi connectivity index (χ0v) is 14.3. The van der Waals surface area contributed by atoms with Crippen molar-refractivity contribution in [1.29, 1.82) is 0 Å². The quantitative estimate of drug-likeness (QED) is 0.786. The fourth-order valence-corrected chi connectivity index (χ4v) is 3.36. The van der Waals surface area contributed by atoms with Gasteiger partial charge in [-0.15, -0.1) is 0 Å². The van der Waals surface area contributed by atoms with E-state index in [1.807, 2.05) is 20.8 Å². The molecule has 5 nitrogen and oxygen atoms in total. The molecule has 22 heavy (non-hydrogen) atoms. The van der Waals surface area contributed by atoms with Crippen LogP contribution in [0.4, 0.5) is 4.79 Å². The molecule has 0 bridgehead atoms. The minimum atomic E-state index is -0.518. The van der Waals surface area contributed by atoms with Crippen molar-refractivity contribution in [2.75, 3.05) is 19.8 Å². The van der Waals surface area contributed by atoms with E-state index >= 15 is 0 Å². The minimum Gasteiger partial charge on any atom is -0.444 e. The fraction of sp³-hybridized carbons (Fsp3) is 0.882. The van der Waals surface area contributed by atoms with Gasteiger partial charge in [0.2, 0.25) is 0 Å². The zero-order chi connectivity index (χ0) is 16.3. The number of Topliss-reactive ketones (excluding diaryl/α,β-unsaturated/α-hetero) is 1. The lowest BCUT2D eigenvalue weighted by molar-refractivity contribution is -0.135. The van der Waals surface area contributed by atoms with Gasteiger partial charge in [-0.25, -0.2) is 4.79 Å². The Morgan fingerprint density at radius 2 is 2.14 bits per heavy atom. The van der Waals surface area contributed by atoms with Crippen LogP contribution < -0.4 is 0 Å². The van der Waals surface area contributed by atoms with Crippen LogP contribution in [0.5, 0.6) is 0 Å². The third-order valence-electron chi connectivity index (χ3n) is 4.63. The van der Waals surface area contributed by atoms with Crippen LogP contribution in [0.3, 0.4) is 0 Å². The van der Waals surface area contributed by atoms with Gasteiger partial charge in [-0.1, -0.05) is 13.3 Å². The molecule has 0 saturated carbocycles. The Morgan fingerprint density at radius 3 is 2.73 bits per heavy atom. The number of hydrogen-bond acceptors (Lipinski definition) is 4. The molecule has 2 fully saturated rings. The number of nitrogens with zero attached hydrogens (tertiary/aromatic N) is 1. The molecular weight excluding hydrogens is 282 g/mol. The molecule has 1 amide bonds. The highest BCUT2D eigenvalue weighted by Crippen LogP contribution is 2.32. The van der Waals surface area contributed by atoms with Crippen LogP contribution in [0.1, 0.15) is 53.4 Å². The topological polar surface area (TPSA) is 55.8 Å². The molecule has 2 rings (SSSR count). The van der Waals surface area contributed by atoms with E-state index in [-0.39, 0.29) is 23.8 Å². The maximum absolute atomic E-state index is 12.5. The normalized spacial score (nSPS) is 30.3. The van der Waals surface area contributed by atoms with Gasteiger partial charge < -0.3 is 14.4 Å².